The van der Waals surface area contributed by atoms with E-state index in [9.17, 15) is 0 Å². The largest absolute Gasteiger partial charge is 0.310 e. The molecular formula is C61H60BrN3. The summed E-state index contributed by atoms with van der Waals surface area (Å²) in [6.07, 6.45) is 0.981. The molecule has 0 aliphatic heterocycles. The first-order chi connectivity index (χ1) is 31.1. The highest BCUT2D eigenvalue weighted by Gasteiger charge is 2.38. The first-order valence-electron chi connectivity index (χ1n) is 23.0. The average Bonchev–Trinajstić information content (AvgIpc) is 3.54. The van der Waals surface area contributed by atoms with Crippen molar-refractivity contribution in [3.8, 4) is 11.1 Å². The number of nitrogens with zero attached hydrogens (tertiary/aromatic N) is 3. The lowest BCUT2D eigenvalue weighted by Crippen LogP contribution is -2.20. The summed E-state index contributed by atoms with van der Waals surface area (Å²) in [6, 6.07) is 69.4. The van der Waals surface area contributed by atoms with Crippen LogP contribution in [-0.2, 0) is 22.7 Å². The Bertz CT molecular complexity index is 2920. The van der Waals surface area contributed by atoms with Gasteiger partial charge in [0.25, 0.3) is 0 Å². The summed E-state index contributed by atoms with van der Waals surface area (Å²) in [4.78, 5) is 7.30. The summed E-state index contributed by atoms with van der Waals surface area (Å²) in [5, 5.41) is 0. The summed E-state index contributed by atoms with van der Waals surface area (Å²) in [6.45, 7) is 20.8. The van der Waals surface area contributed by atoms with Crippen LogP contribution in [0.1, 0.15) is 90.1 Å². The van der Waals surface area contributed by atoms with Gasteiger partial charge in [-0.25, -0.2) is 0 Å². The highest BCUT2D eigenvalue weighted by atomic mass is 79.9. The van der Waals surface area contributed by atoms with Crippen molar-refractivity contribution in [2.45, 2.75) is 85.0 Å². The van der Waals surface area contributed by atoms with E-state index in [1.807, 2.05) is 0 Å². The molecule has 9 rings (SSSR count). The normalized spacial score (nSPS) is 13.0. The van der Waals surface area contributed by atoms with Gasteiger partial charge < -0.3 is 14.7 Å². The van der Waals surface area contributed by atoms with Gasteiger partial charge in [-0.1, -0.05) is 165 Å². The molecule has 326 valence electrons. The van der Waals surface area contributed by atoms with Gasteiger partial charge in [-0.15, -0.1) is 0 Å². The summed E-state index contributed by atoms with van der Waals surface area (Å²) >= 11 is 4.41. The number of aryl methyl sites for hydroxylation is 1. The first-order valence-corrected chi connectivity index (χ1v) is 23.8. The first kappa shape index (κ1) is 43.9. The molecule has 0 saturated carbocycles. The van der Waals surface area contributed by atoms with Gasteiger partial charge in [0.2, 0.25) is 0 Å². The van der Waals surface area contributed by atoms with Gasteiger partial charge in [0.1, 0.15) is 0 Å². The SMILES string of the molecule is CCc1ccc(N(c2ccc(C(C)(C)C)cc2)c2cc(C(C)(C)C)cc(N(c3cccc(N(c4ccccc4)c4ccccc4)c3)c3cccc4c3-c3ccccc3C4(C)C)c2Br)cc1. The average molecular weight is 915 g/mol. The second-order valence-corrected chi connectivity index (χ2v) is 20.8. The Balaban J connectivity index is 1.35. The highest BCUT2D eigenvalue weighted by molar-refractivity contribution is 9.10. The Kier molecular flexibility index (Phi) is 11.6. The zero-order chi connectivity index (χ0) is 45.7. The van der Waals surface area contributed by atoms with Gasteiger partial charge in [0, 0.05) is 45.1 Å². The molecule has 8 aromatic carbocycles. The lowest BCUT2D eigenvalue weighted by molar-refractivity contribution is 0.589. The number of hydrogen-bond donors (Lipinski definition) is 0. The highest BCUT2D eigenvalue weighted by Crippen LogP contribution is 2.56. The molecule has 0 spiro atoms. The molecule has 0 heterocycles. The predicted molar refractivity (Wildman–Crippen MR) is 283 cm³/mol. The number of para-hydroxylation sites is 2. The molecule has 4 heteroatoms. The van der Waals surface area contributed by atoms with E-state index in [2.05, 4.69) is 281 Å². The van der Waals surface area contributed by atoms with Crippen LogP contribution in [0.25, 0.3) is 11.1 Å². The second kappa shape index (κ2) is 17.2. The minimum absolute atomic E-state index is 0.0286. The van der Waals surface area contributed by atoms with Crippen molar-refractivity contribution >= 4 is 67.1 Å². The van der Waals surface area contributed by atoms with Gasteiger partial charge in [0.15, 0.2) is 0 Å². The van der Waals surface area contributed by atoms with Crippen LogP contribution in [-0.4, -0.2) is 0 Å². The summed E-state index contributed by atoms with van der Waals surface area (Å²) in [5.74, 6) is 0. The molecule has 8 aromatic rings. The number of halogens is 1. The minimum atomic E-state index is -0.184. The van der Waals surface area contributed by atoms with Gasteiger partial charge in [0.05, 0.1) is 21.5 Å². The molecule has 3 nitrogen and oxygen atoms in total. The van der Waals surface area contributed by atoms with Crippen LogP contribution in [0.2, 0.25) is 0 Å². The monoisotopic (exact) mass is 913 g/mol. The summed E-state index contributed by atoms with van der Waals surface area (Å²) in [5.41, 5.74) is 18.5. The third-order valence-corrected chi connectivity index (χ3v) is 14.0. The van der Waals surface area contributed by atoms with Crippen LogP contribution >= 0.6 is 15.9 Å². The van der Waals surface area contributed by atoms with E-state index >= 15 is 0 Å². The van der Waals surface area contributed by atoms with Crippen LogP contribution in [0.4, 0.5) is 51.2 Å². The molecule has 0 aromatic heterocycles. The van der Waals surface area contributed by atoms with E-state index in [4.69, 9.17) is 0 Å². The van der Waals surface area contributed by atoms with Crippen LogP contribution in [0, 0.1) is 0 Å². The van der Waals surface area contributed by atoms with Crippen molar-refractivity contribution in [1.82, 2.24) is 0 Å². The van der Waals surface area contributed by atoms with Gasteiger partial charge in [-0.3, -0.25) is 0 Å². The third-order valence-electron chi connectivity index (χ3n) is 13.2. The standard InChI is InChI=1S/C61H60BrN3/c1-10-42-31-35-47(36-32-42)64(48-37-33-43(34-38-48)59(2,3)4)55-39-44(60(5,6)7)40-56(58(55)62)65(54-30-20-29-53-57(54)51-27-17-18-28-52(51)61(53,8)9)50-26-19-25-49(41-50)63(45-21-13-11-14-22-45)46-23-15-12-16-24-46/h11-41H,10H2,1-9H3. The molecule has 0 bridgehead atoms. The molecule has 1 aliphatic rings. The number of fused-ring (bicyclic) bond motifs is 3. The van der Waals surface area contributed by atoms with Crippen LogP contribution in [0.5, 0.6) is 0 Å². The molecule has 65 heavy (non-hydrogen) atoms. The fraction of sp³-hybridized carbons (Fsp3) is 0.213. The molecule has 0 N–H and O–H groups in total. The van der Waals surface area contributed by atoms with Gasteiger partial charge in [-0.05, 0) is 151 Å². The Labute approximate surface area is 396 Å². The van der Waals surface area contributed by atoms with E-state index in [1.54, 1.807) is 0 Å². The lowest BCUT2D eigenvalue weighted by Gasteiger charge is -2.35. The topological polar surface area (TPSA) is 9.72 Å². The maximum absolute atomic E-state index is 4.41. The van der Waals surface area contributed by atoms with Crippen LogP contribution < -0.4 is 14.7 Å². The predicted octanol–water partition coefficient (Wildman–Crippen LogP) is 18.3. The van der Waals surface area contributed by atoms with Crippen LogP contribution in [0.3, 0.4) is 0 Å². The lowest BCUT2D eigenvalue weighted by atomic mass is 9.82. The molecule has 1 aliphatic carbocycles. The van der Waals surface area contributed by atoms with Crippen molar-refractivity contribution in [2.24, 2.45) is 0 Å². The maximum Gasteiger partial charge on any atom is 0.0657 e. The van der Waals surface area contributed by atoms with Crippen molar-refractivity contribution in [2.75, 3.05) is 14.7 Å². The van der Waals surface area contributed by atoms with E-state index in [1.165, 1.54) is 38.9 Å². The van der Waals surface area contributed by atoms with E-state index in [0.29, 0.717) is 0 Å². The Morgan fingerprint density at radius 3 is 1.45 bits per heavy atom. The number of hydrogen-bond acceptors (Lipinski definition) is 3. The molecule has 0 radical (unpaired) electrons. The Morgan fingerprint density at radius 1 is 0.415 bits per heavy atom. The van der Waals surface area contributed by atoms with E-state index < -0.39 is 0 Å². The third kappa shape index (κ3) is 8.30. The molecular weight excluding hydrogens is 855 g/mol. The van der Waals surface area contributed by atoms with Crippen molar-refractivity contribution in [3.05, 3.63) is 220 Å². The minimum Gasteiger partial charge on any atom is -0.310 e. The fourth-order valence-corrected chi connectivity index (χ4v) is 10.1. The van der Waals surface area contributed by atoms with E-state index in [-0.39, 0.29) is 16.2 Å². The Morgan fingerprint density at radius 2 is 0.877 bits per heavy atom. The van der Waals surface area contributed by atoms with Gasteiger partial charge in [-0.2, -0.15) is 0 Å². The van der Waals surface area contributed by atoms with Crippen LogP contribution in [0.15, 0.2) is 193 Å². The fourth-order valence-electron chi connectivity index (χ4n) is 9.47. The zero-order valence-electron chi connectivity index (χ0n) is 39.3. The number of anilines is 9. The smallest absolute Gasteiger partial charge is 0.0657 e. The van der Waals surface area contributed by atoms with Crippen molar-refractivity contribution in [1.29, 1.82) is 0 Å². The molecule has 0 fully saturated rings. The molecule has 0 unspecified atom stereocenters. The van der Waals surface area contributed by atoms with E-state index in [0.717, 1.165) is 62.1 Å². The maximum atomic E-state index is 4.41. The Hall–Kier alpha value is -6.36. The molecule has 0 saturated heterocycles. The quantitative estimate of drug-likeness (QED) is 0.135. The van der Waals surface area contributed by atoms with Gasteiger partial charge >= 0.3 is 0 Å². The molecule has 0 amide bonds. The molecule has 0 atom stereocenters. The summed E-state index contributed by atoms with van der Waals surface area (Å²) in [7, 11) is 0. The van der Waals surface area contributed by atoms with Crippen molar-refractivity contribution < 1.29 is 0 Å². The zero-order valence-corrected chi connectivity index (χ0v) is 40.9. The van der Waals surface area contributed by atoms with Crippen molar-refractivity contribution in [3.63, 3.8) is 0 Å². The summed E-state index contributed by atoms with van der Waals surface area (Å²) < 4.78 is 1.00. The number of rotatable bonds is 10. The number of benzene rings is 8. The second-order valence-electron chi connectivity index (χ2n) is 20.0.